The van der Waals surface area contributed by atoms with Crippen LogP contribution >= 0.6 is 0 Å². The molecular formula is C8H18NOS. The molecule has 0 aliphatic heterocycles. The maximum atomic E-state index is 11.3. The van der Waals surface area contributed by atoms with Gasteiger partial charge < -0.3 is 4.55 Å². The summed E-state index contributed by atoms with van der Waals surface area (Å²) in [7, 11) is 0. The van der Waals surface area contributed by atoms with E-state index in [1.165, 1.54) is 0 Å². The highest BCUT2D eigenvalue weighted by Gasteiger charge is 2.26. The first-order valence-electron chi connectivity index (χ1n) is 3.85. The molecule has 0 fully saturated rings. The lowest BCUT2D eigenvalue weighted by Gasteiger charge is -2.23. The van der Waals surface area contributed by atoms with Crippen LogP contribution in [0.25, 0.3) is 0 Å². The molecule has 1 radical (unpaired) electrons. The molecule has 0 aromatic rings. The van der Waals surface area contributed by atoms with Crippen molar-refractivity contribution < 1.29 is 4.55 Å². The molecular weight excluding hydrogens is 158 g/mol. The number of hydrogen-bond donors (Lipinski definition) is 1. The first-order chi connectivity index (χ1) is 4.84. The zero-order valence-electron chi connectivity index (χ0n) is 7.97. The standard InChI is InChI=1S/C8H18NOS/c1-7(2)6-9-11(10)8(3,4)5/h6-7,9H,1-5H3/t11-/m0/s1. The van der Waals surface area contributed by atoms with Crippen molar-refractivity contribution in [3.05, 3.63) is 6.54 Å². The van der Waals surface area contributed by atoms with Crippen LogP contribution in [-0.4, -0.2) is 9.30 Å². The fourth-order valence-electron chi connectivity index (χ4n) is 0.375. The average Bonchev–Trinajstić information content (AvgIpc) is 1.80. The van der Waals surface area contributed by atoms with E-state index in [4.69, 9.17) is 0 Å². The third-order valence-corrected chi connectivity index (χ3v) is 2.53. The van der Waals surface area contributed by atoms with Gasteiger partial charge in [0.25, 0.3) is 0 Å². The van der Waals surface area contributed by atoms with Crippen LogP contribution < -0.4 is 4.72 Å². The van der Waals surface area contributed by atoms with Crippen molar-refractivity contribution in [2.24, 2.45) is 5.92 Å². The molecule has 0 aliphatic carbocycles. The van der Waals surface area contributed by atoms with Crippen LogP contribution in [0.5, 0.6) is 0 Å². The van der Waals surface area contributed by atoms with Crippen molar-refractivity contribution in [2.75, 3.05) is 0 Å². The van der Waals surface area contributed by atoms with E-state index in [1.807, 2.05) is 41.2 Å². The van der Waals surface area contributed by atoms with Crippen LogP contribution in [0.4, 0.5) is 0 Å². The minimum Gasteiger partial charge on any atom is -0.598 e. The van der Waals surface area contributed by atoms with E-state index in [0.717, 1.165) is 0 Å². The molecule has 0 heterocycles. The lowest BCUT2D eigenvalue weighted by Crippen LogP contribution is -2.38. The molecule has 0 saturated heterocycles. The Kier molecular flexibility index (Phi) is 4.44. The van der Waals surface area contributed by atoms with E-state index in [9.17, 15) is 4.55 Å². The summed E-state index contributed by atoms with van der Waals surface area (Å²) in [4.78, 5) is 0. The zero-order chi connectivity index (χ0) is 9.07. The van der Waals surface area contributed by atoms with Gasteiger partial charge in [-0.05, 0) is 26.7 Å². The van der Waals surface area contributed by atoms with E-state index in [1.54, 1.807) is 0 Å². The normalized spacial score (nSPS) is 15.5. The van der Waals surface area contributed by atoms with Gasteiger partial charge in [0.2, 0.25) is 0 Å². The first-order valence-corrected chi connectivity index (χ1v) is 5.00. The maximum Gasteiger partial charge on any atom is 0.136 e. The van der Waals surface area contributed by atoms with Crippen LogP contribution in [-0.2, 0) is 11.4 Å². The van der Waals surface area contributed by atoms with Gasteiger partial charge in [-0.25, -0.2) is 0 Å². The van der Waals surface area contributed by atoms with Crippen molar-refractivity contribution in [1.29, 1.82) is 0 Å². The largest absolute Gasteiger partial charge is 0.598 e. The predicted octanol–water partition coefficient (Wildman–Crippen LogP) is 1.86. The Morgan fingerprint density at radius 1 is 1.36 bits per heavy atom. The van der Waals surface area contributed by atoms with Crippen LogP contribution in [0.2, 0.25) is 0 Å². The molecule has 3 heteroatoms. The minimum absolute atomic E-state index is 0.175. The average molecular weight is 176 g/mol. The molecule has 0 unspecified atom stereocenters. The van der Waals surface area contributed by atoms with Gasteiger partial charge in [-0.1, -0.05) is 13.8 Å². The Morgan fingerprint density at radius 2 is 1.82 bits per heavy atom. The molecule has 0 aromatic carbocycles. The Bertz CT molecular complexity index is 109. The second-order valence-electron chi connectivity index (χ2n) is 3.91. The second-order valence-corrected chi connectivity index (χ2v) is 5.91. The van der Waals surface area contributed by atoms with Crippen LogP contribution in [0.1, 0.15) is 34.6 Å². The highest BCUT2D eigenvalue weighted by Crippen LogP contribution is 2.13. The fourth-order valence-corrected chi connectivity index (χ4v) is 1.12. The number of rotatable bonds is 3. The summed E-state index contributed by atoms with van der Waals surface area (Å²) >= 11 is -0.963. The van der Waals surface area contributed by atoms with E-state index in [0.29, 0.717) is 5.92 Å². The molecule has 0 amide bonds. The molecule has 0 saturated carbocycles. The molecule has 1 N–H and O–H groups in total. The summed E-state index contributed by atoms with van der Waals surface area (Å²) < 4.78 is 14.0. The predicted molar refractivity (Wildman–Crippen MR) is 50.2 cm³/mol. The van der Waals surface area contributed by atoms with Gasteiger partial charge in [-0.15, -0.1) is 4.72 Å². The lowest BCUT2D eigenvalue weighted by atomic mass is 10.2. The van der Waals surface area contributed by atoms with Gasteiger partial charge in [-0.3, -0.25) is 0 Å². The van der Waals surface area contributed by atoms with Crippen molar-refractivity contribution >= 4 is 11.4 Å². The molecule has 0 rings (SSSR count). The van der Waals surface area contributed by atoms with Crippen molar-refractivity contribution in [3.63, 3.8) is 0 Å². The van der Waals surface area contributed by atoms with Crippen molar-refractivity contribution in [3.8, 4) is 0 Å². The van der Waals surface area contributed by atoms with Crippen LogP contribution in [0, 0.1) is 12.5 Å². The number of hydrogen-bond acceptors (Lipinski definition) is 2. The molecule has 67 valence electrons. The van der Waals surface area contributed by atoms with Crippen LogP contribution in [0.15, 0.2) is 0 Å². The third kappa shape index (κ3) is 5.53. The van der Waals surface area contributed by atoms with Gasteiger partial charge in [0.15, 0.2) is 0 Å². The second kappa shape index (κ2) is 4.33. The molecule has 0 aliphatic rings. The first kappa shape index (κ1) is 11.3. The maximum absolute atomic E-state index is 11.3. The number of nitrogens with one attached hydrogen (secondary N) is 1. The lowest BCUT2D eigenvalue weighted by molar-refractivity contribution is 0.544. The summed E-state index contributed by atoms with van der Waals surface area (Å²) in [5.41, 5.74) is 0. The Hall–Kier alpha value is 0.270. The smallest absolute Gasteiger partial charge is 0.136 e. The quantitative estimate of drug-likeness (QED) is 0.666. The monoisotopic (exact) mass is 176 g/mol. The molecule has 0 aromatic heterocycles. The van der Waals surface area contributed by atoms with Gasteiger partial charge in [-0.2, -0.15) is 0 Å². The zero-order valence-corrected chi connectivity index (χ0v) is 8.79. The van der Waals surface area contributed by atoms with Crippen LogP contribution in [0.3, 0.4) is 0 Å². The third-order valence-electron chi connectivity index (χ3n) is 1.06. The summed E-state index contributed by atoms with van der Waals surface area (Å²) in [5.74, 6) is 0.432. The molecule has 1 atom stereocenters. The van der Waals surface area contributed by atoms with Crippen molar-refractivity contribution in [1.82, 2.24) is 4.72 Å². The van der Waals surface area contributed by atoms with Gasteiger partial charge in [0.05, 0.1) is 6.54 Å². The van der Waals surface area contributed by atoms with Gasteiger partial charge in [0.1, 0.15) is 4.75 Å². The van der Waals surface area contributed by atoms with E-state index in [2.05, 4.69) is 4.72 Å². The summed E-state index contributed by atoms with van der Waals surface area (Å²) in [6, 6.07) is 0. The summed E-state index contributed by atoms with van der Waals surface area (Å²) in [6.45, 7) is 11.8. The highest BCUT2D eigenvalue weighted by molar-refractivity contribution is 7.90. The van der Waals surface area contributed by atoms with E-state index >= 15 is 0 Å². The minimum atomic E-state index is -0.963. The van der Waals surface area contributed by atoms with Gasteiger partial charge in [0, 0.05) is 11.4 Å². The van der Waals surface area contributed by atoms with Crippen molar-refractivity contribution in [2.45, 2.75) is 39.4 Å². The Balaban J connectivity index is 3.61. The van der Waals surface area contributed by atoms with E-state index < -0.39 is 11.4 Å². The topological polar surface area (TPSA) is 35.1 Å². The Morgan fingerprint density at radius 3 is 2.09 bits per heavy atom. The molecule has 0 bridgehead atoms. The highest BCUT2D eigenvalue weighted by atomic mass is 32.2. The summed E-state index contributed by atoms with van der Waals surface area (Å²) in [5, 5.41) is 0. The van der Waals surface area contributed by atoms with E-state index in [-0.39, 0.29) is 4.75 Å². The summed E-state index contributed by atoms with van der Waals surface area (Å²) in [6.07, 6.45) is 0. The molecule has 2 nitrogen and oxygen atoms in total. The fraction of sp³-hybridized carbons (Fsp3) is 0.875. The molecule has 0 spiro atoms. The SMILES string of the molecule is CC(C)[CH]N[S@@+]([O-])C(C)(C)C. The Labute approximate surface area is 73.1 Å². The molecule has 11 heavy (non-hydrogen) atoms. The van der Waals surface area contributed by atoms with Gasteiger partial charge >= 0.3 is 0 Å².